The van der Waals surface area contributed by atoms with Crippen LogP contribution in [-0.4, -0.2) is 35.7 Å². The fourth-order valence-corrected chi connectivity index (χ4v) is 2.11. The molecule has 0 unspecified atom stereocenters. The molecule has 0 aliphatic heterocycles. The fraction of sp³-hybridized carbons (Fsp3) is 0.562. The molecule has 0 atom stereocenters. The van der Waals surface area contributed by atoms with Crippen molar-refractivity contribution < 1.29 is 19.1 Å². The van der Waals surface area contributed by atoms with Gasteiger partial charge in [-0.3, -0.25) is 4.79 Å². The van der Waals surface area contributed by atoms with E-state index in [0.29, 0.717) is 36.3 Å². The Labute approximate surface area is 145 Å². The van der Waals surface area contributed by atoms with Gasteiger partial charge in [0.15, 0.2) is 5.69 Å². The molecule has 1 aromatic rings. The highest BCUT2D eigenvalue weighted by atomic mass is 79.9. The van der Waals surface area contributed by atoms with Crippen LogP contribution in [0.2, 0.25) is 0 Å². The molecule has 0 aromatic carbocycles. The second kappa shape index (κ2) is 8.86. The predicted molar refractivity (Wildman–Crippen MR) is 91.5 cm³/mol. The van der Waals surface area contributed by atoms with Gasteiger partial charge in [0.2, 0.25) is 0 Å². The molecule has 0 saturated carbocycles. The molecule has 6 nitrogen and oxygen atoms in total. The van der Waals surface area contributed by atoms with Gasteiger partial charge in [-0.15, -0.1) is 0 Å². The maximum Gasteiger partial charge on any atom is 0.358 e. The molecule has 23 heavy (non-hydrogen) atoms. The van der Waals surface area contributed by atoms with Crippen LogP contribution in [0.15, 0.2) is 16.6 Å². The number of aromatic nitrogens is 1. The lowest BCUT2D eigenvalue weighted by Crippen LogP contribution is -2.24. The average molecular weight is 387 g/mol. The number of hydrogen-bond donors (Lipinski definition) is 1. The van der Waals surface area contributed by atoms with Crippen molar-refractivity contribution in [2.75, 3.05) is 18.5 Å². The molecule has 1 rings (SSSR count). The number of ether oxygens (including phenoxy) is 2. The lowest BCUT2D eigenvalue weighted by Gasteiger charge is -2.19. The van der Waals surface area contributed by atoms with Crippen LogP contribution < -0.4 is 5.32 Å². The Kier molecular flexibility index (Phi) is 7.48. The zero-order valence-corrected chi connectivity index (χ0v) is 15.5. The smallest absolute Gasteiger partial charge is 0.358 e. The number of nitrogens with one attached hydrogen (secondary N) is 1. The van der Waals surface area contributed by atoms with E-state index in [0.717, 1.165) is 0 Å². The minimum Gasteiger partial charge on any atom is -0.461 e. The van der Waals surface area contributed by atoms with Crippen LogP contribution in [0.1, 0.15) is 51.0 Å². The van der Waals surface area contributed by atoms with Crippen molar-refractivity contribution in [2.24, 2.45) is 0 Å². The van der Waals surface area contributed by atoms with Gasteiger partial charge in [0.25, 0.3) is 0 Å². The molecular weight excluding hydrogens is 364 g/mol. The van der Waals surface area contributed by atoms with Gasteiger partial charge in [-0.2, -0.15) is 0 Å². The number of anilines is 1. The van der Waals surface area contributed by atoms with Gasteiger partial charge in [0.1, 0.15) is 11.4 Å². The van der Waals surface area contributed by atoms with Crippen molar-refractivity contribution in [2.45, 2.75) is 46.1 Å². The third kappa shape index (κ3) is 7.45. The second-order valence-electron chi connectivity index (χ2n) is 5.86. The Morgan fingerprint density at radius 1 is 1.30 bits per heavy atom. The quantitative estimate of drug-likeness (QED) is 0.570. The van der Waals surface area contributed by atoms with Crippen molar-refractivity contribution >= 4 is 33.7 Å². The number of halogens is 1. The topological polar surface area (TPSA) is 77.5 Å². The first-order chi connectivity index (χ1) is 10.7. The van der Waals surface area contributed by atoms with Crippen LogP contribution >= 0.6 is 15.9 Å². The number of pyridine rings is 1. The van der Waals surface area contributed by atoms with Crippen LogP contribution in [0.4, 0.5) is 5.82 Å². The highest BCUT2D eigenvalue weighted by Crippen LogP contribution is 2.18. The third-order valence-electron chi connectivity index (χ3n) is 2.60. The van der Waals surface area contributed by atoms with Gasteiger partial charge in [-0.05, 0) is 62.2 Å². The molecule has 1 heterocycles. The minimum atomic E-state index is -0.475. The van der Waals surface area contributed by atoms with Crippen molar-refractivity contribution in [3.63, 3.8) is 0 Å². The largest absolute Gasteiger partial charge is 0.461 e. The molecule has 1 N–H and O–H groups in total. The zero-order chi connectivity index (χ0) is 17.5. The maximum atomic E-state index is 11.8. The third-order valence-corrected chi connectivity index (χ3v) is 3.24. The van der Waals surface area contributed by atoms with E-state index < -0.39 is 11.6 Å². The van der Waals surface area contributed by atoms with E-state index >= 15 is 0 Å². The van der Waals surface area contributed by atoms with E-state index in [1.165, 1.54) is 0 Å². The molecule has 0 aliphatic carbocycles. The predicted octanol–water partition coefficient (Wildman–Crippen LogP) is 3.55. The normalized spacial score (nSPS) is 11.0. The molecule has 0 spiro atoms. The molecule has 0 amide bonds. The van der Waals surface area contributed by atoms with Gasteiger partial charge in [0.05, 0.1) is 11.1 Å². The van der Waals surface area contributed by atoms with Gasteiger partial charge in [0, 0.05) is 13.0 Å². The van der Waals surface area contributed by atoms with Gasteiger partial charge < -0.3 is 14.8 Å². The Hall–Kier alpha value is -1.63. The van der Waals surface area contributed by atoms with Crippen LogP contribution in [0.5, 0.6) is 0 Å². The van der Waals surface area contributed by atoms with Crippen molar-refractivity contribution in [3.05, 3.63) is 22.3 Å². The number of esters is 2. The first-order valence-electron chi connectivity index (χ1n) is 7.52. The summed E-state index contributed by atoms with van der Waals surface area (Å²) in [4.78, 5) is 27.6. The summed E-state index contributed by atoms with van der Waals surface area (Å²) >= 11 is 3.28. The summed E-state index contributed by atoms with van der Waals surface area (Å²) in [6.07, 6.45) is 0.937. The van der Waals surface area contributed by atoms with Gasteiger partial charge in [-0.25, -0.2) is 9.78 Å². The molecular formula is C16H23BrN2O4. The molecule has 0 radical (unpaired) electrons. The van der Waals surface area contributed by atoms with Crippen LogP contribution in [0, 0.1) is 0 Å². The fourth-order valence-electron chi connectivity index (χ4n) is 1.72. The molecule has 128 valence electrons. The summed E-state index contributed by atoms with van der Waals surface area (Å²) in [6.45, 7) is 8.10. The number of carbonyl (C=O) groups is 2. The molecule has 1 aromatic heterocycles. The highest BCUT2D eigenvalue weighted by Gasteiger charge is 2.16. The molecule has 0 fully saturated rings. The number of carbonyl (C=O) groups excluding carboxylic acids is 2. The van der Waals surface area contributed by atoms with E-state index in [1.54, 1.807) is 19.1 Å². The number of nitrogens with zero attached hydrogens (tertiary/aromatic N) is 1. The van der Waals surface area contributed by atoms with Crippen LogP contribution in [0.25, 0.3) is 0 Å². The molecule has 0 bridgehead atoms. The maximum absolute atomic E-state index is 11.8. The minimum absolute atomic E-state index is 0.226. The lowest BCUT2D eigenvalue weighted by molar-refractivity contribution is -0.154. The van der Waals surface area contributed by atoms with E-state index in [4.69, 9.17) is 9.47 Å². The van der Waals surface area contributed by atoms with Crippen molar-refractivity contribution in [1.29, 1.82) is 0 Å². The molecule has 0 aliphatic rings. The number of hydrogen-bond acceptors (Lipinski definition) is 6. The molecule has 7 heteroatoms. The van der Waals surface area contributed by atoms with Gasteiger partial charge >= 0.3 is 11.9 Å². The Bertz CT molecular complexity index is 556. The van der Waals surface area contributed by atoms with Crippen molar-refractivity contribution in [1.82, 2.24) is 4.98 Å². The summed E-state index contributed by atoms with van der Waals surface area (Å²) in [5.74, 6) is -0.146. The zero-order valence-electron chi connectivity index (χ0n) is 13.9. The van der Waals surface area contributed by atoms with Gasteiger partial charge in [-0.1, -0.05) is 0 Å². The Morgan fingerprint density at radius 3 is 2.61 bits per heavy atom. The lowest BCUT2D eigenvalue weighted by atomic mass is 10.2. The van der Waals surface area contributed by atoms with E-state index in [9.17, 15) is 9.59 Å². The molecule has 0 saturated heterocycles. The SMILES string of the molecule is CCOC(=O)c1nc(NCCCC(=O)OC(C)(C)C)ccc1Br. The summed E-state index contributed by atoms with van der Waals surface area (Å²) in [6, 6.07) is 3.48. The average Bonchev–Trinajstić information content (AvgIpc) is 2.43. The van der Waals surface area contributed by atoms with E-state index in [1.807, 2.05) is 20.8 Å². The van der Waals surface area contributed by atoms with E-state index in [-0.39, 0.29) is 11.7 Å². The standard InChI is InChI=1S/C16H23BrN2O4/c1-5-22-15(21)14-11(17)8-9-12(19-14)18-10-6-7-13(20)23-16(2,3)4/h8-9H,5-7,10H2,1-4H3,(H,18,19). The first kappa shape index (κ1) is 19.4. The Balaban J connectivity index is 2.48. The van der Waals surface area contributed by atoms with Crippen LogP contribution in [0.3, 0.4) is 0 Å². The summed E-state index contributed by atoms with van der Waals surface area (Å²) in [5, 5.41) is 3.08. The summed E-state index contributed by atoms with van der Waals surface area (Å²) in [5.41, 5.74) is -0.240. The van der Waals surface area contributed by atoms with Crippen LogP contribution in [-0.2, 0) is 14.3 Å². The first-order valence-corrected chi connectivity index (χ1v) is 8.31. The Morgan fingerprint density at radius 2 is 2.00 bits per heavy atom. The summed E-state index contributed by atoms with van der Waals surface area (Å²) in [7, 11) is 0. The second-order valence-corrected chi connectivity index (χ2v) is 6.72. The summed E-state index contributed by atoms with van der Waals surface area (Å²) < 4.78 is 10.8. The monoisotopic (exact) mass is 386 g/mol. The van der Waals surface area contributed by atoms with E-state index in [2.05, 4.69) is 26.2 Å². The number of rotatable bonds is 7. The highest BCUT2D eigenvalue weighted by molar-refractivity contribution is 9.10. The van der Waals surface area contributed by atoms with Crippen molar-refractivity contribution in [3.8, 4) is 0 Å².